The Morgan fingerprint density at radius 3 is 2.62 bits per heavy atom. The summed E-state index contributed by atoms with van der Waals surface area (Å²) in [4.78, 5) is 14.4. The summed E-state index contributed by atoms with van der Waals surface area (Å²) < 4.78 is 12.4. The predicted octanol–water partition coefficient (Wildman–Crippen LogP) is 0.926. The van der Waals surface area contributed by atoms with Gasteiger partial charge in [0.05, 0.1) is 0 Å². The summed E-state index contributed by atoms with van der Waals surface area (Å²) >= 11 is 0. The van der Waals surface area contributed by atoms with Crippen molar-refractivity contribution in [3.8, 4) is 0 Å². The molecule has 5 heteroatoms. The number of benzene rings is 1. The van der Waals surface area contributed by atoms with Gasteiger partial charge in [-0.15, -0.1) is 0 Å². The van der Waals surface area contributed by atoms with Gasteiger partial charge in [-0.25, -0.2) is 9.18 Å². The fraction of sp³-hybridized carbons (Fsp3) is 0.125. The van der Waals surface area contributed by atoms with Crippen LogP contribution in [-0.2, 0) is 11.4 Å². The van der Waals surface area contributed by atoms with Gasteiger partial charge in [0.1, 0.15) is 5.82 Å². The molecule has 0 spiro atoms. The van der Waals surface area contributed by atoms with Crippen molar-refractivity contribution in [3.05, 3.63) is 35.6 Å². The van der Waals surface area contributed by atoms with Crippen molar-refractivity contribution < 1.29 is 14.0 Å². The van der Waals surface area contributed by atoms with E-state index in [0.29, 0.717) is 0 Å². The molecule has 0 heterocycles. The molecule has 1 rings (SSSR count). The Balaban J connectivity index is 2.46. The number of halogens is 1. The van der Waals surface area contributed by atoms with Gasteiger partial charge >= 0.3 is 6.09 Å². The number of nitrogens with one attached hydrogen (secondary N) is 1. The normalized spacial score (nSPS) is 9.38. The summed E-state index contributed by atoms with van der Waals surface area (Å²) in [5.74, 6) is 4.27. The lowest BCUT2D eigenvalue weighted by Gasteiger charge is -2.02. The third-order valence-electron chi connectivity index (χ3n) is 1.46. The molecule has 0 aliphatic rings. The third kappa shape index (κ3) is 3.08. The lowest BCUT2D eigenvalue weighted by Crippen LogP contribution is -2.26. The first-order valence-electron chi connectivity index (χ1n) is 3.61. The van der Waals surface area contributed by atoms with E-state index in [1.54, 1.807) is 12.1 Å². The van der Waals surface area contributed by atoms with Crippen LogP contribution in [0.2, 0.25) is 0 Å². The number of hydrogen-bond donors (Lipinski definition) is 2. The van der Waals surface area contributed by atoms with E-state index in [9.17, 15) is 9.18 Å². The van der Waals surface area contributed by atoms with E-state index in [1.807, 2.05) is 0 Å². The first-order chi connectivity index (χ1) is 6.22. The van der Waals surface area contributed by atoms with Crippen LogP contribution in [0.15, 0.2) is 24.3 Å². The number of nitrogens with two attached hydrogens (primary N) is 1. The van der Waals surface area contributed by atoms with Gasteiger partial charge in [0.25, 0.3) is 0 Å². The maximum Gasteiger partial charge on any atom is 0.426 e. The molecule has 0 fully saturated rings. The van der Waals surface area contributed by atoms with Crippen LogP contribution in [0.3, 0.4) is 0 Å². The quantitative estimate of drug-likeness (QED) is 0.672. The van der Waals surface area contributed by atoms with Crippen LogP contribution < -0.4 is 11.2 Å². The molecular weight excluding hydrogens is 175 g/mol. The molecule has 0 saturated carbocycles. The summed E-state index contributed by atoms with van der Waals surface area (Å²) in [7, 11) is 0. The highest BCUT2D eigenvalue weighted by molar-refractivity contribution is 5.66. The van der Waals surface area contributed by atoms with Crippen molar-refractivity contribution in [3.63, 3.8) is 0 Å². The zero-order valence-corrected chi connectivity index (χ0v) is 6.79. The van der Waals surface area contributed by atoms with E-state index < -0.39 is 6.09 Å². The van der Waals surface area contributed by atoms with Gasteiger partial charge in [-0.1, -0.05) is 12.1 Å². The summed E-state index contributed by atoms with van der Waals surface area (Å²) in [5.41, 5.74) is 0.770. The molecule has 0 saturated heterocycles. The minimum absolute atomic E-state index is 0.260. The second kappa shape index (κ2) is 4.42. The standard InChI is InChI=1S/C8H9FN2O2/c9-7-3-1-6(2-4-7)5-11-8(12)13-10/h1-4H,5,10H2,(H,11,12). The molecule has 0 aliphatic carbocycles. The number of carbonyl (C=O) groups is 1. The first kappa shape index (κ1) is 9.47. The highest BCUT2D eigenvalue weighted by Gasteiger charge is 1.98. The van der Waals surface area contributed by atoms with Crippen LogP contribution in [0.4, 0.5) is 9.18 Å². The van der Waals surface area contributed by atoms with Gasteiger partial charge in [0, 0.05) is 6.54 Å². The SMILES string of the molecule is NOC(=O)NCc1ccc(F)cc1. The van der Waals surface area contributed by atoms with Gasteiger partial charge in [-0.2, -0.15) is 5.90 Å². The van der Waals surface area contributed by atoms with E-state index in [-0.39, 0.29) is 12.4 Å². The molecule has 70 valence electrons. The lowest BCUT2D eigenvalue weighted by atomic mass is 10.2. The van der Waals surface area contributed by atoms with Crippen LogP contribution in [0.1, 0.15) is 5.56 Å². The number of carbonyl (C=O) groups excluding carboxylic acids is 1. The third-order valence-corrected chi connectivity index (χ3v) is 1.46. The van der Waals surface area contributed by atoms with E-state index >= 15 is 0 Å². The van der Waals surface area contributed by atoms with Gasteiger partial charge in [-0.05, 0) is 17.7 Å². The summed E-state index contributed by atoms with van der Waals surface area (Å²) in [5, 5.41) is 2.36. The Morgan fingerprint density at radius 1 is 1.46 bits per heavy atom. The van der Waals surface area contributed by atoms with Gasteiger partial charge in [0.2, 0.25) is 0 Å². The molecule has 1 amide bonds. The Morgan fingerprint density at radius 2 is 2.08 bits per heavy atom. The number of hydrogen-bond acceptors (Lipinski definition) is 3. The number of amides is 1. The minimum Gasteiger partial charge on any atom is -0.357 e. The van der Waals surface area contributed by atoms with E-state index in [2.05, 4.69) is 16.1 Å². The molecule has 0 aromatic heterocycles. The van der Waals surface area contributed by atoms with Crippen molar-refractivity contribution >= 4 is 6.09 Å². The van der Waals surface area contributed by atoms with E-state index in [0.717, 1.165) is 5.56 Å². The minimum atomic E-state index is -0.718. The van der Waals surface area contributed by atoms with Crippen molar-refractivity contribution in [1.82, 2.24) is 5.32 Å². The fourth-order valence-electron chi connectivity index (χ4n) is 0.818. The van der Waals surface area contributed by atoms with Crippen molar-refractivity contribution in [1.29, 1.82) is 0 Å². The monoisotopic (exact) mass is 184 g/mol. The number of rotatable bonds is 2. The Labute approximate surface area is 74.4 Å². The smallest absolute Gasteiger partial charge is 0.357 e. The highest BCUT2D eigenvalue weighted by Crippen LogP contribution is 2.01. The topological polar surface area (TPSA) is 64.3 Å². The maximum absolute atomic E-state index is 12.4. The van der Waals surface area contributed by atoms with Crippen molar-refractivity contribution in [2.24, 2.45) is 5.90 Å². The average molecular weight is 184 g/mol. The zero-order valence-electron chi connectivity index (χ0n) is 6.79. The Bertz CT molecular complexity index is 287. The predicted molar refractivity (Wildman–Crippen MR) is 43.9 cm³/mol. The van der Waals surface area contributed by atoms with Gasteiger partial charge < -0.3 is 10.2 Å². The van der Waals surface area contributed by atoms with Crippen LogP contribution in [0.5, 0.6) is 0 Å². The maximum atomic E-state index is 12.4. The van der Waals surface area contributed by atoms with Crippen LogP contribution in [0, 0.1) is 5.82 Å². The molecule has 13 heavy (non-hydrogen) atoms. The highest BCUT2D eigenvalue weighted by atomic mass is 19.1. The molecule has 1 aromatic rings. The first-order valence-corrected chi connectivity index (χ1v) is 3.61. The molecule has 0 aliphatic heterocycles. The molecular formula is C8H9FN2O2. The van der Waals surface area contributed by atoms with Crippen LogP contribution in [-0.4, -0.2) is 6.09 Å². The second-order valence-electron chi connectivity index (χ2n) is 2.39. The van der Waals surface area contributed by atoms with E-state index in [4.69, 9.17) is 0 Å². The second-order valence-corrected chi connectivity index (χ2v) is 2.39. The lowest BCUT2D eigenvalue weighted by molar-refractivity contribution is 0.147. The molecule has 0 bridgehead atoms. The summed E-state index contributed by atoms with van der Waals surface area (Å²) in [6.45, 7) is 0.260. The van der Waals surface area contributed by atoms with Crippen molar-refractivity contribution in [2.45, 2.75) is 6.54 Å². The van der Waals surface area contributed by atoms with Gasteiger partial charge in [-0.3, -0.25) is 0 Å². The summed E-state index contributed by atoms with van der Waals surface area (Å²) in [6, 6.07) is 5.74. The largest absolute Gasteiger partial charge is 0.426 e. The Kier molecular flexibility index (Phi) is 3.22. The van der Waals surface area contributed by atoms with Crippen LogP contribution in [0.25, 0.3) is 0 Å². The van der Waals surface area contributed by atoms with E-state index in [1.165, 1.54) is 12.1 Å². The fourth-order valence-corrected chi connectivity index (χ4v) is 0.818. The Hall–Kier alpha value is -1.62. The molecule has 3 N–H and O–H groups in total. The molecule has 1 aromatic carbocycles. The van der Waals surface area contributed by atoms with Gasteiger partial charge in [0.15, 0.2) is 0 Å². The average Bonchev–Trinajstić information content (AvgIpc) is 2.16. The van der Waals surface area contributed by atoms with Crippen molar-refractivity contribution in [2.75, 3.05) is 0 Å². The molecule has 0 radical (unpaired) electrons. The van der Waals surface area contributed by atoms with Crippen LogP contribution >= 0.6 is 0 Å². The molecule has 4 nitrogen and oxygen atoms in total. The molecule has 0 unspecified atom stereocenters. The molecule has 0 atom stereocenters. The zero-order chi connectivity index (χ0) is 9.68. The summed E-state index contributed by atoms with van der Waals surface area (Å²) in [6.07, 6.45) is -0.718.